The summed E-state index contributed by atoms with van der Waals surface area (Å²) in [6, 6.07) is 12.7. The molecule has 0 aliphatic rings. The number of anilines is 1. The molecule has 2 aromatic carbocycles. The summed E-state index contributed by atoms with van der Waals surface area (Å²) in [7, 11) is -3.96. The molecule has 0 aliphatic heterocycles. The Labute approximate surface area is 138 Å². The number of aryl methyl sites for hydroxylation is 1. The largest absolute Gasteiger partial charge is 0.278 e. The molecular formula is C16H13N3O4S. The van der Waals surface area contributed by atoms with Crippen molar-refractivity contribution >= 4 is 32.3 Å². The molecule has 1 aromatic heterocycles. The summed E-state index contributed by atoms with van der Waals surface area (Å²) in [5.41, 5.74) is 1.17. The maximum atomic E-state index is 12.6. The molecule has 0 atom stereocenters. The lowest BCUT2D eigenvalue weighted by Crippen LogP contribution is -2.14. The van der Waals surface area contributed by atoms with E-state index >= 15 is 0 Å². The van der Waals surface area contributed by atoms with Crippen LogP contribution in [0.3, 0.4) is 0 Å². The third-order valence-electron chi connectivity index (χ3n) is 3.51. The van der Waals surface area contributed by atoms with Crippen molar-refractivity contribution in [1.29, 1.82) is 0 Å². The molecule has 24 heavy (non-hydrogen) atoms. The fraction of sp³-hybridized carbons (Fsp3) is 0.0625. The summed E-state index contributed by atoms with van der Waals surface area (Å²) in [6.45, 7) is 1.58. The number of pyridine rings is 1. The van der Waals surface area contributed by atoms with E-state index in [1.807, 2.05) is 24.3 Å². The average Bonchev–Trinajstić information content (AvgIpc) is 2.54. The number of nitro benzene ring substituents is 1. The minimum atomic E-state index is -3.96. The number of hydrogen-bond donors (Lipinski definition) is 1. The van der Waals surface area contributed by atoms with Crippen molar-refractivity contribution < 1.29 is 13.3 Å². The third-order valence-corrected chi connectivity index (χ3v) is 5.04. The van der Waals surface area contributed by atoms with Gasteiger partial charge in [-0.25, -0.2) is 8.42 Å². The van der Waals surface area contributed by atoms with Crippen LogP contribution in [-0.4, -0.2) is 18.3 Å². The van der Waals surface area contributed by atoms with Gasteiger partial charge < -0.3 is 0 Å². The lowest BCUT2D eigenvalue weighted by Gasteiger charge is -2.10. The Morgan fingerprint density at radius 3 is 2.62 bits per heavy atom. The van der Waals surface area contributed by atoms with Gasteiger partial charge in [0, 0.05) is 17.5 Å². The van der Waals surface area contributed by atoms with E-state index in [1.54, 1.807) is 13.0 Å². The monoisotopic (exact) mass is 343 g/mol. The minimum absolute atomic E-state index is 0.134. The third kappa shape index (κ3) is 3.04. The molecule has 3 rings (SSSR count). The maximum Gasteiger partial charge on any atom is 0.270 e. The van der Waals surface area contributed by atoms with E-state index in [0.29, 0.717) is 11.3 Å². The van der Waals surface area contributed by atoms with Crippen LogP contribution >= 0.6 is 0 Å². The number of hydrogen-bond acceptors (Lipinski definition) is 5. The molecule has 8 heteroatoms. The van der Waals surface area contributed by atoms with E-state index in [2.05, 4.69) is 9.71 Å². The molecule has 0 radical (unpaired) electrons. The van der Waals surface area contributed by atoms with Crippen LogP contribution in [0, 0.1) is 17.0 Å². The van der Waals surface area contributed by atoms with Gasteiger partial charge in [-0.1, -0.05) is 24.3 Å². The van der Waals surface area contributed by atoms with Crippen LogP contribution in [0.15, 0.2) is 59.6 Å². The Hall–Kier alpha value is -3.00. The highest BCUT2D eigenvalue weighted by atomic mass is 32.2. The van der Waals surface area contributed by atoms with Crippen LogP contribution in [0.5, 0.6) is 0 Å². The second kappa shape index (κ2) is 5.89. The summed E-state index contributed by atoms with van der Waals surface area (Å²) in [4.78, 5) is 14.3. The average molecular weight is 343 g/mol. The van der Waals surface area contributed by atoms with E-state index in [0.717, 1.165) is 17.0 Å². The molecule has 0 unspecified atom stereocenters. The SMILES string of the molecule is Cc1ccc([N+](=O)[O-])cc1S(=O)(=O)Nc1cnc2ccccc2c1. The van der Waals surface area contributed by atoms with Crippen LogP contribution < -0.4 is 4.72 Å². The standard InChI is InChI=1S/C16H13N3O4S/c1-11-6-7-14(19(20)21)9-16(11)24(22,23)18-13-8-12-4-2-3-5-15(12)17-10-13/h2-10,18H,1H3. The molecule has 0 bridgehead atoms. The fourth-order valence-corrected chi connectivity index (χ4v) is 3.63. The molecule has 3 aromatic rings. The zero-order valence-corrected chi connectivity index (χ0v) is 13.4. The first-order chi connectivity index (χ1) is 11.4. The molecule has 0 spiro atoms. The molecule has 1 heterocycles. The zero-order valence-electron chi connectivity index (χ0n) is 12.6. The zero-order chi connectivity index (χ0) is 17.3. The summed E-state index contributed by atoms with van der Waals surface area (Å²) < 4.78 is 27.6. The number of rotatable bonds is 4. The lowest BCUT2D eigenvalue weighted by atomic mass is 10.2. The van der Waals surface area contributed by atoms with Gasteiger partial charge in [0.15, 0.2) is 0 Å². The molecule has 122 valence electrons. The van der Waals surface area contributed by atoms with Gasteiger partial charge in [0.1, 0.15) is 0 Å². The number of nitrogens with one attached hydrogen (secondary N) is 1. The Morgan fingerprint density at radius 2 is 1.88 bits per heavy atom. The van der Waals surface area contributed by atoms with E-state index in [4.69, 9.17) is 0 Å². The van der Waals surface area contributed by atoms with Crippen molar-refractivity contribution in [2.24, 2.45) is 0 Å². The number of aromatic nitrogens is 1. The second-order valence-corrected chi connectivity index (χ2v) is 6.88. The van der Waals surface area contributed by atoms with Crippen molar-refractivity contribution in [3.05, 3.63) is 70.4 Å². The first-order valence-electron chi connectivity index (χ1n) is 6.99. The number of nitrogens with zero attached hydrogens (tertiary/aromatic N) is 2. The van der Waals surface area contributed by atoms with Crippen LogP contribution in [0.2, 0.25) is 0 Å². The predicted octanol–water partition coefficient (Wildman–Crippen LogP) is 3.25. The number of fused-ring (bicyclic) bond motifs is 1. The second-order valence-electron chi connectivity index (χ2n) is 5.23. The van der Waals surface area contributed by atoms with Gasteiger partial charge in [-0.2, -0.15) is 0 Å². The summed E-state index contributed by atoms with van der Waals surface area (Å²) in [5, 5.41) is 11.7. The number of sulfonamides is 1. The van der Waals surface area contributed by atoms with Crippen molar-refractivity contribution in [3.8, 4) is 0 Å². The number of non-ortho nitro benzene ring substituents is 1. The number of para-hydroxylation sites is 1. The van der Waals surface area contributed by atoms with Crippen LogP contribution in [0.25, 0.3) is 10.9 Å². The van der Waals surface area contributed by atoms with Crippen LogP contribution in [0.4, 0.5) is 11.4 Å². The van der Waals surface area contributed by atoms with E-state index in [-0.39, 0.29) is 10.6 Å². The van der Waals surface area contributed by atoms with Crippen molar-refractivity contribution in [3.63, 3.8) is 0 Å². The summed E-state index contributed by atoms with van der Waals surface area (Å²) in [6.07, 6.45) is 1.41. The minimum Gasteiger partial charge on any atom is -0.278 e. The molecule has 0 saturated carbocycles. The molecule has 0 amide bonds. The fourth-order valence-electron chi connectivity index (χ4n) is 2.33. The van der Waals surface area contributed by atoms with E-state index < -0.39 is 14.9 Å². The summed E-state index contributed by atoms with van der Waals surface area (Å²) in [5.74, 6) is 0. The smallest absolute Gasteiger partial charge is 0.270 e. The highest BCUT2D eigenvalue weighted by Gasteiger charge is 2.20. The van der Waals surface area contributed by atoms with E-state index in [9.17, 15) is 18.5 Å². The quantitative estimate of drug-likeness (QED) is 0.578. The van der Waals surface area contributed by atoms with E-state index in [1.165, 1.54) is 18.3 Å². The molecule has 0 saturated heterocycles. The Kier molecular flexibility index (Phi) is 3.90. The Balaban J connectivity index is 2.01. The highest BCUT2D eigenvalue weighted by molar-refractivity contribution is 7.92. The van der Waals surface area contributed by atoms with Crippen molar-refractivity contribution in [2.75, 3.05) is 4.72 Å². The summed E-state index contributed by atoms with van der Waals surface area (Å²) >= 11 is 0. The van der Waals surface area contributed by atoms with Crippen LogP contribution in [-0.2, 0) is 10.0 Å². The van der Waals surface area contributed by atoms with Crippen LogP contribution in [0.1, 0.15) is 5.56 Å². The normalized spacial score (nSPS) is 11.4. The first kappa shape index (κ1) is 15.9. The number of benzene rings is 2. The van der Waals surface area contributed by atoms with Gasteiger partial charge in [-0.3, -0.25) is 19.8 Å². The molecule has 7 nitrogen and oxygen atoms in total. The lowest BCUT2D eigenvalue weighted by molar-refractivity contribution is -0.385. The van der Waals surface area contributed by atoms with Gasteiger partial charge in [0.2, 0.25) is 0 Å². The Morgan fingerprint density at radius 1 is 1.12 bits per heavy atom. The van der Waals surface area contributed by atoms with Gasteiger partial charge in [0.05, 0.1) is 27.2 Å². The molecular weight excluding hydrogens is 330 g/mol. The number of nitro groups is 1. The molecule has 0 aliphatic carbocycles. The predicted molar refractivity (Wildman–Crippen MR) is 90.4 cm³/mol. The highest BCUT2D eigenvalue weighted by Crippen LogP contribution is 2.25. The van der Waals surface area contributed by atoms with Gasteiger partial charge in [-0.15, -0.1) is 0 Å². The maximum absolute atomic E-state index is 12.6. The molecule has 1 N–H and O–H groups in total. The van der Waals surface area contributed by atoms with Crippen molar-refractivity contribution in [1.82, 2.24) is 4.98 Å². The molecule has 0 fully saturated rings. The Bertz CT molecular complexity index is 1050. The first-order valence-corrected chi connectivity index (χ1v) is 8.48. The van der Waals surface area contributed by atoms with Crippen molar-refractivity contribution in [2.45, 2.75) is 11.8 Å². The van der Waals surface area contributed by atoms with Gasteiger partial charge in [-0.05, 0) is 24.6 Å². The topological polar surface area (TPSA) is 102 Å². The van der Waals surface area contributed by atoms with Gasteiger partial charge in [0.25, 0.3) is 15.7 Å². The van der Waals surface area contributed by atoms with Gasteiger partial charge >= 0.3 is 0 Å².